The third kappa shape index (κ3) is 5.92. The molecule has 15 heavy (non-hydrogen) atoms. The van der Waals surface area contributed by atoms with Gasteiger partial charge in [0, 0.05) is 26.4 Å². The molecule has 0 aliphatic heterocycles. The van der Waals surface area contributed by atoms with Crippen molar-refractivity contribution in [2.24, 2.45) is 0 Å². The van der Waals surface area contributed by atoms with Crippen molar-refractivity contribution in [3.05, 3.63) is 16.9 Å². The van der Waals surface area contributed by atoms with Crippen LogP contribution in [0.1, 0.15) is 12.8 Å². The van der Waals surface area contributed by atoms with Gasteiger partial charge in [-0.15, -0.1) is 0 Å². The molecule has 5 heteroatoms. The van der Waals surface area contributed by atoms with Crippen molar-refractivity contribution in [3.63, 3.8) is 0 Å². The zero-order valence-corrected chi connectivity index (χ0v) is 10.7. The van der Waals surface area contributed by atoms with Crippen LogP contribution < -0.4 is 5.32 Å². The summed E-state index contributed by atoms with van der Waals surface area (Å²) in [4.78, 5) is 0. The number of rotatable bonds is 8. The van der Waals surface area contributed by atoms with Crippen LogP contribution in [0.3, 0.4) is 0 Å². The van der Waals surface area contributed by atoms with Gasteiger partial charge in [0.05, 0.1) is 17.3 Å². The molecule has 0 saturated carbocycles. The van der Waals surface area contributed by atoms with Gasteiger partial charge in [0.1, 0.15) is 0 Å². The maximum Gasteiger partial charge on any atom is 0.0632 e. The summed E-state index contributed by atoms with van der Waals surface area (Å²) in [7, 11) is 1.72. The average molecular weight is 276 g/mol. The van der Waals surface area contributed by atoms with Crippen LogP contribution in [0.5, 0.6) is 0 Å². The maximum absolute atomic E-state index is 4.94. The molecular formula is C10H18BrN3O. The van der Waals surface area contributed by atoms with Crippen molar-refractivity contribution in [1.82, 2.24) is 15.1 Å². The summed E-state index contributed by atoms with van der Waals surface area (Å²) < 4.78 is 7.94. The number of aryl methyl sites for hydroxylation is 1. The van der Waals surface area contributed by atoms with Gasteiger partial charge in [0.2, 0.25) is 0 Å². The zero-order valence-electron chi connectivity index (χ0n) is 9.08. The van der Waals surface area contributed by atoms with Crippen molar-refractivity contribution in [2.45, 2.75) is 19.4 Å². The minimum absolute atomic E-state index is 0.784. The first-order chi connectivity index (χ1) is 7.33. The number of unbranched alkanes of at least 4 members (excludes halogenated alkanes) is 1. The van der Waals surface area contributed by atoms with Crippen molar-refractivity contribution < 1.29 is 4.74 Å². The van der Waals surface area contributed by atoms with Gasteiger partial charge in [-0.1, -0.05) is 0 Å². The highest BCUT2D eigenvalue weighted by molar-refractivity contribution is 9.10. The van der Waals surface area contributed by atoms with Gasteiger partial charge in [-0.25, -0.2) is 0 Å². The highest BCUT2D eigenvalue weighted by atomic mass is 79.9. The Kier molecular flexibility index (Phi) is 6.63. The van der Waals surface area contributed by atoms with E-state index in [1.54, 1.807) is 7.11 Å². The average Bonchev–Trinajstić information content (AvgIpc) is 2.63. The molecule has 1 aromatic rings. The van der Waals surface area contributed by atoms with E-state index in [2.05, 4.69) is 26.3 Å². The summed E-state index contributed by atoms with van der Waals surface area (Å²) in [6.45, 7) is 3.75. The Hall–Kier alpha value is -0.390. The molecule has 1 aromatic heterocycles. The quantitative estimate of drug-likeness (QED) is 0.734. The lowest BCUT2D eigenvalue weighted by Gasteiger charge is -2.04. The third-order valence-corrected chi connectivity index (χ3v) is 2.48. The van der Waals surface area contributed by atoms with E-state index in [0.29, 0.717) is 0 Å². The van der Waals surface area contributed by atoms with Crippen LogP contribution in [0.2, 0.25) is 0 Å². The van der Waals surface area contributed by atoms with Crippen molar-refractivity contribution in [1.29, 1.82) is 0 Å². The Labute approximate surface area is 99.1 Å². The van der Waals surface area contributed by atoms with Crippen LogP contribution in [0.15, 0.2) is 16.9 Å². The van der Waals surface area contributed by atoms with Gasteiger partial charge < -0.3 is 10.1 Å². The first-order valence-corrected chi connectivity index (χ1v) is 6.00. The highest BCUT2D eigenvalue weighted by Crippen LogP contribution is 2.06. The molecule has 0 saturated heterocycles. The minimum Gasteiger partial charge on any atom is -0.383 e. The first kappa shape index (κ1) is 12.7. The van der Waals surface area contributed by atoms with E-state index in [1.807, 2.05) is 17.1 Å². The van der Waals surface area contributed by atoms with Crippen molar-refractivity contribution >= 4 is 15.9 Å². The Bertz CT molecular complexity index is 265. The lowest BCUT2D eigenvalue weighted by atomic mass is 10.3. The molecule has 0 radical (unpaired) electrons. The normalized spacial score (nSPS) is 10.8. The fraction of sp³-hybridized carbons (Fsp3) is 0.700. The second-order valence-electron chi connectivity index (χ2n) is 3.37. The van der Waals surface area contributed by atoms with Gasteiger partial charge in [-0.2, -0.15) is 5.10 Å². The number of nitrogens with zero attached hydrogens (tertiary/aromatic N) is 2. The first-order valence-electron chi connectivity index (χ1n) is 5.20. The fourth-order valence-corrected chi connectivity index (χ4v) is 1.61. The molecule has 0 spiro atoms. The predicted molar refractivity (Wildman–Crippen MR) is 63.9 cm³/mol. The summed E-state index contributed by atoms with van der Waals surface area (Å²) in [5.41, 5.74) is 0. The molecule has 0 bridgehead atoms. The van der Waals surface area contributed by atoms with E-state index < -0.39 is 0 Å². The van der Waals surface area contributed by atoms with Crippen LogP contribution in [0, 0.1) is 0 Å². The number of hydrogen-bond donors (Lipinski definition) is 1. The van der Waals surface area contributed by atoms with Gasteiger partial charge in [-0.05, 0) is 35.3 Å². The molecule has 4 nitrogen and oxygen atoms in total. The van der Waals surface area contributed by atoms with Crippen LogP contribution >= 0.6 is 15.9 Å². The Morgan fingerprint density at radius 2 is 2.33 bits per heavy atom. The smallest absolute Gasteiger partial charge is 0.0632 e. The lowest BCUT2D eigenvalue weighted by molar-refractivity contribution is 0.199. The van der Waals surface area contributed by atoms with Crippen LogP contribution in [-0.4, -0.2) is 36.6 Å². The zero-order chi connectivity index (χ0) is 10.9. The highest BCUT2D eigenvalue weighted by Gasteiger charge is 1.94. The number of aromatic nitrogens is 2. The van der Waals surface area contributed by atoms with Gasteiger partial charge in [-0.3, -0.25) is 4.68 Å². The fourth-order valence-electron chi connectivity index (χ4n) is 1.28. The lowest BCUT2D eigenvalue weighted by Crippen LogP contribution is -2.20. The topological polar surface area (TPSA) is 39.1 Å². The van der Waals surface area contributed by atoms with E-state index in [0.717, 1.165) is 37.1 Å². The Balaban J connectivity index is 1.93. The molecule has 0 aliphatic carbocycles. The second-order valence-corrected chi connectivity index (χ2v) is 4.29. The summed E-state index contributed by atoms with van der Waals surface area (Å²) in [5.74, 6) is 0. The molecule has 1 rings (SSSR count). The number of ether oxygens (including phenoxy) is 1. The molecule has 0 fully saturated rings. The van der Waals surface area contributed by atoms with Gasteiger partial charge >= 0.3 is 0 Å². The third-order valence-electron chi connectivity index (χ3n) is 2.08. The summed E-state index contributed by atoms with van der Waals surface area (Å²) in [6.07, 6.45) is 6.13. The molecule has 1 heterocycles. The Morgan fingerprint density at radius 3 is 3.00 bits per heavy atom. The molecule has 1 N–H and O–H groups in total. The predicted octanol–water partition coefficient (Wildman–Crippen LogP) is 1.66. The molecule has 0 amide bonds. The molecule has 0 aliphatic rings. The summed E-state index contributed by atoms with van der Waals surface area (Å²) in [5, 5.41) is 7.51. The van der Waals surface area contributed by atoms with Crippen LogP contribution in [0.4, 0.5) is 0 Å². The second kappa shape index (κ2) is 7.84. The Morgan fingerprint density at radius 1 is 1.47 bits per heavy atom. The molecular weight excluding hydrogens is 258 g/mol. The minimum atomic E-state index is 0.784. The number of hydrogen-bond acceptors (Lipinski definition) is 3. The standard InChI is InChI=1S/C10H18BrN3O/c1-15-7-5-12-4-2-3-6-14-9-10(11)8-13-14/h8-9,12H,2-7H2,1H3. The van der Waals surface area contributed by atoms with E-state index in [4.69, 9.17) is 4.74 Å². The van der Waals surface area contributed by atoms with E-state index in [1.165, 1.54) is 6.42 Å². The van der Waals surface area contributed by atoms with E-state index in [-0.39, 0.29) is 0 Å². The van der Waals surface area contributed by atoms with Crippen LogP contribution in [0.25, 0.3) is 0 Å². The van der Waals surface area contributed by atoms with Gasteiger partial charge in [0.15, 0.2) is 0 Å². The monoisotopic (exact) mass is 275 g/mol. The number of halogens is 1. The van der Waals surface area contributed by atoms with Crippen LogP contribution in [-0.2, 0) is 11.3 Å². The van der Waals surface area contributed by atoms with Gasteiger partial charge in [0.25, 0.3) is 0 Å². The summed E-state index contributed by atoms with van der Waals surface area (Å²) >= 11 is 3.37. The molecule has 86 valence electrons. The largest absolute Gasteiger partial charge is 0.383 e. The van der Waals surface area contributed by atoms with E-state index in [9.17, 15) is 0 Å². The van der Waals surface area contributed by atoms with Crippen molar-refractivity contribution in [2.75, 3.05) is 26.8 Å². The molecule has 0 atom stereocenters. The molecule has 0 unspecified atom stereocenters. The molecule has 0 aromatic carbocycles. The SMILES string of the molecule is COCCNCCCCn1cc(Br)cn1. The number of nitrogens with one attached hydrogen (secondary N) is 1. The summed E-state index contributed by atoms with van der Waals surface area (Å²) in [6, 6.07) is 0. The van der Waals surface area contributed by atoms with E-state index >= 15 is 0 Å². The van der Waals surface area contributed by atoms with Crippen molar-refractivity contribution in [3.8, 4) is 0 Å². The number of methoxy groups -OCH3 is 1. The maximum atomic E-state index is 4.94.